The van der Waals surface area contributed by atoms with Crippen molar-refractivity contribution in [3.63, 3.8) is 0 Å². The number of amides is 4. The number of imide groups is 1. The average molecular weight is 363 g/mol. The van der Waals surface area contributed by atoms with Gasteiger partial charge in [-0.25, -0.2) is 4.79 Å². The summed E-state index contributed by atoms with van der Waals surface area (Å²) in [6.07, 6.45) is 0.785. The third-order valence-corrected chi connectivity index (χ3v) is 5.12. The van der Waals surface area contributed by atoms with E-state index in [2.05, 4.69) is 5.32 Å². The molecule has 0 spiro atoms. The van der Waals surface area contributed by atoms with Crippen molar-refractivity contribution in [2.75, 3.05) is 6.54 Å². The summed E-state index contributed by atoms with van der Waals surface area (Å²) in [7, 11) is 0. The Morgan fingerprint density at radius 1 is 0.963 bits per heavy atom. The molecule has 1 atom stereocenters. The molecule has 2 aromatic carbocycles. The van der Waals surface area contributed by atoms with Gasteiger partial charge in [0.2, 0.25) is 5.91 Å². The normalized spacial score (nSPS) is 18.6. The zero-order valence-corrected chi connectivity index (χ0v) is 14.9. The quantitative estimate of drug-likeness (QED) is 0.830. The number of urea groups is 1. The second-order valence-electron chi connectivity index (χ2n) is 6.91. The maximum atomic E-state index is 12.5. The molecule has 0 aromatic heterocycles. The summed E-state index contributed by atoms with van der Waals surface area (Å²) < 4.78 is 0. The Labute approximate surface area is 157 Å². The first-order chi connectivity index (χ1) is 13.1. The standard InChI is InChI=1S/C21H21N3O3/c25-18(23-13-16-9-4-5-10-17(16)14-23)11-6-12-24-20(26)19(22-21(24)27)15-7-2-1-3-8-15/h1-5,7-10,19H,6,11-14H2,(H,22,27). The number of rotatable bonds is 5. The van der Waals surface area contributed by atoms with Crippen molar-refractivity contribution in [2.45, 2.75) is 32.0 Å². The Balaban J connectivity index is 1.30. The molecule has 138 valence electrons. The van der Waals surface area contributed by atoms with E-state index < -0.39 is 12.1 Å². The highest BCUT2D eigenvalue weighted by molar-refractivity contribution is 6.04. The molecule has 0 saturated carbocycles. The lowest BCUT2D eigenvalue weighted by Gasteiger charge is -2.17. The molecule has 1 fully saturated rings. The molecule has 4 amide bonds. The Hall–Kier alpha value is -3.15. The van der Waals surface area contributed by atoms with Crippen LogP contribution in [0.25, 0.3) is 0 Å². The highest BCUT2D eigenvalue weighted by Gasteiger charge is 2.38. The van der Waals surface area contributed by atoms with Gasteiger partial charge in [-0.2, -0.15) is 0 Å². The van der Waals surface area contributed by atoms with Gasteiger partial charge in [0.15, 0.2) is 0 Å². The van der Waals surface area contributed by atoms with Crippen molar-refractivity contribution in [1.29, 1.82) is 0 Å². The zero-order valence-electron chi connectivity index (χ0n) is 14.9. The number of carbonyl (C=O) groups excluding carboxylic acids is 3. The fourth-order valence-electron chi connectivity index (χ4n) is 3.66. The van der Waals surface area contributed by atoms with Crippen LogP contribution in [0.4, 0.5) is 4.79 Å². The summed E-state index contributed by atoms with van der Waals surface area (Å²) in [6.45, 7) is 1.52. The predicted molar refractivity (Wildman–Crippen MR) is 99.4 cm³/mol. The molecule has 2 aromatic rings. The monoisotopic (exact) mass is 363 g/mol. The minimum Gasteiger partial charge on any atom is -0.334 e. The van der Waals surface area contributed by atoms with Crippen LogP contribution in [0.2, 0.25) is 0 Å². The van der Waals surface area contributed by atoms with Crippen molar-refractivity contribution < 1.29 is 14.4 Å². The van der Waals surface area contributed by atoms with Crippen molar-refractivity contribution in [3.8, 4) is 0 Å². The smallest absolute Gasteiger partial charge is 0.325 e. The van der Waals surface area contributed by atoms with Crippen molar-refractivity contribution in [3.05, 3.63) is 71.3 Å². The number of carbonyl (C=O) groups is 3. The average Bonchev–Trinajstić information content (AvgIpc) is 3.24. The summed E-state index contributed by atoms with van der Waals surface area (Å²) in [5.41, 5.74) is 3.14. The summed E-state index contributed by atoms with van der Waals surface area (Å²) in [6, 6.07) is 16.2. The molecule has 0 aliphatic carbocycles. The van der Waals surface area contributed by atoms with Crippen LogP contribution in [0.15, 0.2) is 54.6 Å². The van der Waals surface area contributed by atoms with E-state index in [1.54, 1.807) is 0 Å². The van der Waals surface area contributed by atoms with Gasteiger partial charge in [-0.15, -0.1) is 0 Å². The van der Waals surface area contributed by atoms with Gasteiger partial charge >= 0.3 is 6.03 Å². The van der Waals surface area contributed by atoms with Gasteiger partial charge in [-0.05, 0) is 23.1 Å². The number of fused-ring (bicyclic) bond motifs is 1. The number of hydrogen-bond acceptors (Lipinski definition) is 3. The fraction of sp³-hybridized carbons (Fsp3) is 0.286. The fourth-order valence-corrected chi connectivity index (χ4v) is 3.66. The molecule has 6 heteroatoms. The lowest BCUT2D eigenvalue weighted by Crippen LogP contribution is -2.33. The third-order valence-electron chi connectivity index (χ3n) is 5.12. The summed E-state index contributed by atoms with van der Waals surface area (Å²) in [5.74, 6) is -0.204. The molecule has 2 heterocycles. The molecule has 6 nitrogen and oxygen atoms in total. The Kier molecular flexibility index (Phi) is 4.62. The van der Waals surface area contributed by atoms with Crippen LogP contribution in [0, 0.1) is 0 Å². The number of nitrogens with one attached hydrogen (secondary N) is 1. The first kappa shape index (κ1) is 17.3. The summed E-state index contributed by atoms with van der Waals surface area (Å²) in [4.78, 5) is 40.2. The van der Waals surface area contributed by atoms with Crippen LogP contribution in [0.1, 0.15) is 35.6 Å². The first-order valence-corrected chi connectivity index (χ1v) is 9.15. The maximum absolute atomic E-state index is 12.5. The van der Waals surface area contributed by atoms with Crippen LogP contribution in [0.3, 0.4) is 0 Å². The van der Waals surface area contributed by atoms with Gasteiger partial charge in [-0.3, -0.25) is 14.5 Å². The van der Waals surface area contributed by atoms with E-state index in [0.29, 0.717) is 25.9 Å². The second-order valence-corrected chi connectivity index (χ2v) is 6.91. The van der Waals surface area contributed by atoms with Crippen LogP contribution in [-0.4, -0.2) is 34.2 Å². The molecule has 0 radical (unpaired) electrons. The summed E-state index contributed by atoms with van der Waals surface area (Å²) in [5, 5.41) is 2.72. The van der Waals surface area contributed by atoms with Crippen LogP contribution < -0.4 is 5.32 Å². The second kappa shape index (κ2) is 7.23. The van der Waals surface area contributed by atoms with Crippen LogP contribution in [0.5, 0.6) is 0 Å². The van der Waals surface area contributed by atoms with E-state index in [-0.39, 0.29) is 18.4 Å². The molecule has 2 aliphatic rings. The van der Waals surface area contributed by atoms with Gasteiger partial charge in [0, 0.05) is 26.1 Å². The van der Waals surface area contributed by atoms with E-state index in [9.17, 15) is 14.4 Å². The maximum Gasteiger partial charge on any atom is 0.325 e. The Morgan fingerprint density at radius 2 is 1.59 bits per heavy atom. The molecule has 0 bridgehead atoms. The largest absolute Gasteiger partial charge is 0.334 e. The van der Waals surface area contributed by atoms with E-state index in [1.807, 2.05) is 59.5 Å². The Morgan fingerprint density at radius 3 is 2.26 bits per heavy atom. The summed E-state index contributed by atoms with van der Waals surface area (Å²) >= 11 is 0. The lowest BCUT2D eigenvalue weighted by molar-refractivity contribution is -0.133. The van der Waals surface area contributed by atoms with E-state index in [4.69, 9.17) is 0 Å². The highest BCUT2D eigenvalue weighted by atomic mass is 16.2. The minimum absolute atomic E-state index is 0.0536. The molecule has 4 rings (SSSR count). The van der Waals surface area contributed by atoms with E-state index >= 15 is 0 Å². The molecule has 1 unspecified atom stereocenters. The molecule has 27 heavy (non-hydrogen) atoms. The van der Waals surface area contributed by atoms with E-state index in [1.165, 1.54) is 16.0 Å². The Bertz CT molecular complexity index is 856. The van der Waals surface area contributed by atoms with Gasteiger partial charge in [0.25, 0.3) is 5.91 Å². The first-order valence-electron chi connectivity index (χ1n) is 9.15. The number of benzene rings is 2. The van der Waals surface area contributed by atoms with Crippen LogP contribution >= 0.6 is 0 Å². The SMILES string of the molecule is O=C(CCCN1C(=O)NC(c2ccccc2)C1=O)N1Cc2ccccc2C1. The lowest BCUT2D eigenvalue weighted by atomic mass is 10.1. The van der Waals surface area contributed by atoms with Gasteiger partial charge in [0.1, 0.15) is 6.04 Å². The van der Waals surface area contributed by atoms with Gasteiger partial charge in [-0.1, -0.05) is 54.6 Å². The highest BCUT2D eigenvalue weighted by Crippen LogP contribution is 2.24. The van der Waals surface area contributed by atoms with Crippen LogP contribution in [-0.2, 0) is 22.7 Å². The predicted octanol–water partition coefficient (Wildman–Crippen LogP) is 2.60. The van der Waals surface area contributed by atoms with Crippen molar-refractivity contribution in [1.82, 2.24) is 15.1 Å². The molecule has 1 N–H and O–H groups in total. The molecular weight excluding hydrogens is 342 g/mol. The van der Waals surface area contributed by atoms with Crippen molar-refractivity contribution in [2.24, 2.45) is 0 Å². The molecular formula is C21H21N3O3. The number of nitrogens with zero attached hydrogens (tertiary/aromatic N) is 2. The third kappa shape index (κ3) is 3.43. The number of hydrogen-bond donors (Lipinski definition) is 1. The molecule has 2 aliphatic heterocycles. The van der Waals surface area contributed by atoms with Crippen molar-refractivity contribution >= 4 is 17.8 Å². The van der Waals surface area contributed by atoms with Gasteiger partial charge in [0.05, 0.1) is 0 Å². The van der Waals surface area contributed by atoms with Gasteiger partial charge < -0.3 is 10.2 Å². The molecule has 1 saturated heterocycles. The zero-order chi connectivity index (χ0) is 18.8. The minimum atomic E-state index is -0.637. The van der Waals surface area contributed by atoms with E-state index in [0.717, 1.165) is 5.56 Å². The topological polar surface area (TPSA) is 69.7 Å².